The quantitative estimate of drug-likeness (QED) is 0.738. The number of nitrogens with one attached hydrogen (secondary N) is 1. The summed E-state index contributed by atoms with van der Waals surface area (Å²) in [6.45, 7) is 10.6. The fourth-order valence-corrected chi connectivity index (χ4v) is 3.28. The van der Waals surface area contributed by atoms with Crippen molar-refractivity contribution in [3.05, 3.63) is 35.4 Å². The lowest BCUT2D eigenvalue weighted by molar-refractivity contribution is -0.126. The number of benzene rings is 1. The molecule has 0 spiro atoms. The Balaban J connectivity index is 1.75. The van der Waals surface area contributed by atoms with Crippen molar-refractivity contribution < 1.29 is 4.79 Å². The third kappa shape index (κ3) is 6.19. The lowest BCUT2D eigenvalue weighted by Gasteiger charge is -2.29. The van der Waals surface area contributed by atoms with Gasteiger partial charge in [0.15, 0.2) is 0 Å². The number of carbonyl (C=O) groups is 1. The highest BCUT2D eigenvalue weighted by atomic mass is 16.1. The molecule has 0 saturated carbocycles. The third-order valence-electron chi connectivity index (χ3n) is 5.06. The van der Waals surface area contributed by atoms with Gasteiger partial charge in [-0.1, -0.05) is 44.0 Å². The zero-order valence-electron chi connectivity index (χ0n) is 15.6. The summed E-state index contributed by atoms with van der Waals surface area (Å²) in [7, 11) is 0. The van der Waals surface area contributed by atoms with Gasteiger partial charge in [-0.05, 0) is 50.1 Å². The van der Waals surface area contributed by atoms with Gasteiger partial charge in [0.1, 0.15) is 0 Å². The Kier molecular flexibility index (Phi) is 7.97. The summed E-state index contributed by atoms with van der Waals surface area (Å²) in [6, 6.07) is 8.57. The van der Waals surface area contributed by atoms with Crippen LogP contribution in [0.2, 0.25) is 0 Å². The molecule has 0 radical (unpaired) electrons. The van der Waals surface area contributed by atoms with Crippen LogP contribution in [0.25, 0.3) is 0 Å². The highest BCUT2D eigenvalue weighted by Crippen LogP contribution is 2.17. The van der Waals surface area contributed by atoms with Gasteiger partial charge in [-0.15, -0.1) is 6.42 Å². The normalized spacial score (nSPS) is 15.9. The van der Waals surface area contributed by atoms with E-state index in [1.54, 1.807) is 0 Å². The zero-order valence-corrected chi connectivity index (χ0v) is 15.6. The Hall–Kier alpha value is -1.83. The highest BCUT2D eigenvalue weighted by Gasteiger charge is 2.24. The van der Waals surface area contributed by atoms with Gasteiger partial charge in [-0.25, -0.2) is 0 Å². The van der Waals surface area contributed by atoms with Crippen LogP contribution in [0.3, 0.4) is 0 Å². The van der Waals surface area contributed by atoms with E-state index in [4.69, 9.17) is 6.42 Å². The first-order valence-corrected chi connectivity index (χ1v) is 9.40. The minimum Gasteiger partial charge on any atom is -0.352 e. The molecule has 1 aliphatic rings. The summed E-state index contributed by atoms with van der Waals surface area (Å²) in [6.07, 6.45) is 7.14. The molecule has 0 aliphatic carbocycles. The molecule has 1 N–H and O–H groups in total. The van der Waals surface area contributed by atoms with E-state index in [2.05, 4.69) is 59.1 Å². The molecular formula is C21H31N3O. The summed E-state index contributed by atoms with van der Waals surface area (Å²) in [5.41, 5.74) is 2.47. The highest BCUT2D eigenvalue weighted by molar-refractivity contribution is 5.78. The summed E-state index contributed by atoms with van der Waals surface area (Å²) in [5.74, 6) is 2.97. The van der Waals surface area contributed by atoms with E-state index < -0.39 is 0 Å². The number of amides is 1. The van der Waals surface area contributed by atoms with Crippen LogP contribution in [-0.4, -0.2) is 48.4 Å². The SMILES string of the molecule is C#CCN1CCC(C(=O)NCc2ccc(CN(CC)CC)cc2)CC1. The fraction of sp³-hybridized carbons (Fsp3) is 0.571. The van der Waals surface area contributed by atoms with Crippen molar-refractivity contribution in [2.24, 2.45) is 5.92 Å². The molecule has 0 bridgehead atoms. The van der Waals surface area contributed by atoms with Crippen LogP contribution in [-0.2, 0) is 17.9 Å². The molecule has 0 unspecified atom stereocenters. The minimum atomic E-state index is 0.121. The standard InChI is InChI=1S/C21H31N3O/c1-4-13-24-14-11-20(12-15-24)21(25)22-16-18-7-9-19(10-8-18)17-23(5-2)6-3/h1,7-10,20H,5-6,11-17H2,2-3H3,(H,22,25). The summed E-state index contributed by atoms with van der Waals surface area (Å²) in [5, 5.41) is 3.09. The maximum Gasteiger partial charge on any atom is 0.223 e. The molecule has 1 fully saturated rings. The number of nitrogens with zero attached hydrogens (tertiary/aromatic N) is 2. The van der Waals surface area contributed by atoms with Crippen molar-refractivity contribution in [2.45, 2.75) is 39.8 Å². The van der Waals surface area contributed by atoms with Gasteiger partial charge in [-0.2, -0.15) is 0 Å². The summed E-state index contributed by atoms with van der Waals surface area (Å²) < 4.78 is 0. The number of terminal acetylenes is 1. The lowest BCUT2D eigenvalue weighted by atomic mass is 9.96. The predicted molar refractivity (Wildman–Crippen MR) is 103 cm³/mol. The molecule has 0 aromatic heterocycles. The molecule has 1 amide bonds. The molecule has 1 saturated heterocycles. The molecule has 1 aliphatic heterocycles. The van der Waals surface area contributed by atoms with Crippen LogP contribution >= 0.6 is 0 Å². The number of rotatable bonds is 8. The van der Waals surface area contributed by atoms with Crippen LogP contribution in [0.4, 0.5) is 0 Å². The van der Waals surface area contributed by atoms with Crippen LogP contribution in [0.15, 0.2) is 24.3 Å². The topological polar surface area (TPSA) is 35.6 Å². The zero-order chi connectivity index (χ0) is 18.1. The van der Waals surface area contributed by atoms with Crippen molar-refractivity contribution in [3.63, 3.8) is 0 Å². The Morgan fingerprint density at radius 1 is 1.20 bits per heavy atom. The first-order valence-electron chi connectivity index (χ1n) is 9.40. The van der Waals surface area contributed by atoms with E-state index in [-0.39, 0.29) is 11.8 Å². The maximum atomic E-state index is 12.3. The molecule has 25 heavy (non-hydrogen) atoms. The van der Waals surface area contributed by atoms with Crippen LogP contribution in [0, 0.1) is 18.3 Å². The molecule has 4 heteroatoms. The summed E-state index contributed by atoms with van der Waals surface area (Å²) in [4.78, 5) is 17.0. The van der Waals surface area contributed by atoms with Crippen molar-refractivity contribution in [3.8, 4) is 12.3 Å². The Morgan fingerprint density at radius 2 is 1.80 bits per heavy atom. The maximum absolute atomic E-state index is 12.3. The first-order chi connectivity index (χ1) is 12.2. The molecule has 136 valence electrons. The van der Waals surface area contributed by atoms with E-state index >= 15 is 0 Å². The number of hydrogen-bond acceptors (Lipinski definition) is 3. The molecule has 2 rings (SSSR count). The van der Waals surface area contributed by atoms with Gasteiger partial charge >= 0.3 is 0 Å². The van der Waals surface area contributed by atoms with E-state index in [1.165, 1.54) is 5.56 Å². The average molecular weight is 341 g/mol. The van der Waals surface area contributed by atoms with E-state index in [9.17, 15) is 4.79 Å². The first kappa shape index (κ1) is 19.5. The Morgan fingerprint density at radius 3 is 2.36 bits per heavy atom. The summed E-state index contributed by atoms with van der Waals surface area (Å²) >= 11 is 0. The minimum absolute atomic E-state index is 0.121. The van der Waals surface area contributed by atoms with Crippen LogP contribution in [0.5, 0.6) is 0 Å². The second-order valence-electron chi connectivity index (χ2n) is 6.75. The Bertz CT molecular complexity index is 564. The monoisotopic (exact) mass is 341 g/mol. The van der Waals surface area contributed by atoms with Crippen molar-refractivity contribution in [2.75, 3.05) is 32.7 Å². The molecular weight excluding hydrogens is 310 g/mol. The molecule has 1 aromatic carbocycles. The average Bonchev–Trinajstić information content (AvgIpc) is 2.66. The van der Waals surface area contributed by atoms with E-state index in [0.29, 0.717) is 13.1 Å². The number of hydrogen-bond donors (Lipinski definition) is 1. The predicted octanol–water partition coefficient (Wildman–Crippen LogP) is 2.49. The van der Waals surface area contributed by atoms with Crippen molar-refractivity contribution in [1.82, 2.24) is 15.1 Å². The van der Waals surface area contributed by atoms with Gasteiger partial charge in [0.2, 0.25) is 5.91 Å². The van der Waals surface area contributed by atoms with Gasteiger partial charge in [0.05, 0.1) is 6.54 Å². The third-order valence-corrected chi connectivity index (χ3v) is 5.06. The molecule has 4 nitrogen and oxygen atoms in total. The Labute approximate surface area is 152 Å². The smallest absolute Gasteiger partial charge is 0.223 e. The second kappa shape index (κ2) is 10.2. The van der Waals surface area contributed by atoms with E-state index in [1.807, 2.05) is 0 Å². The van der Waals surface area contributed by atoms with Crippen LogP contribution in [0.1, 0.15) is 37.8 Å². The van der Waals surface area contributed by atoms with Gasteiger partial charge in [0.25, 0.3) is 0 Å². The van der Waals surface area contributed by atoms with Crippen molar-refractivity contribution >= 4 is 5.91 Å². The van der Waals surface area contributed by atoms with Gasteiger partial charge < -0.3 is 5.32 Å². The fourth-order valence-electron chi connectivity index (χ4n) is 3.28. The molecule has 1 heterocycles. The molecule has 0 atom stereocenters. The number of piperidine rings is 1. The van der Waals surface area contributed by atoms with E-state index in [0.717, 1.165) is 51.1 Å². The second-order valence-corrected chi connectivity index (χ2v) is 6.75. The number of carbonyl (C=O) groups excluding carboxylic acids is 1. The van der Waals surface area contributed by atoms with Gasteiger partial charge in [-0.3, -0.25) is 14.6 Å². The number of likely N-dealkylation sites (tertiary alicyclic amines) is 1. The van der Waals surface area contributed by atoms with Crippen molar-refractivity contribution in [1.29, 1.82) is 0 Å². The molecule has 1 aromatic rings. The van der Waals surface area contributed by atoms with Crippen LogP contribution < -0.4 is 5.32 Å². The largest absolute Gasteiger partial charge is 0.352 e. The van der Waals surface area contributed by atoms with Gasteiger partial charge in [0, 0.05) is 19.0 Å². The lowest BCUT2D eigenvalue weighted by Crippen LogP contribution is -2.40.